The number of aromatic nitrogens is 2. The third-order valence-corrected chi connectivity index (χ3v) is 6.19. The van der Waals surface area contributed by atoms with E-state index >= 15 is 0 Å². The molecule has 2 heterocycles. The molecule has 1 aromatic heterocycles. The number of rotatable bonds is 5. The Balaban J connectivity index is 1.15. The normalized spacial score (nSPS) is 15.2. The number of nitrogens with one attached hydrogen (secondary N) is 1. The summed E-state index contributed by atoms with van der Waals surface area (Å²) in [5.74, 6) is 1.35. The third kappa shape index (κ3) is 4.41. The smallest absolute Gasteiger partial charge is 0.241 e. The SMILES string of the molecule is Cc1ccccc1-c1noc(CN2CCC(C(=O)Nc3ccc4ccccc4c3)CC2)n1. The van der Waals surface area contributed by atoms with Crippen molar-refractivity contribution in [1.29, 1.82) is 0 Å². The standard InChI is InChI=1S/C26H26N4O2/c1-18-6-2-5-9-23(18)25-28-24(32-29-25)17-30-14-12-20(13-15-30)26(31)27-22-11-10-19-7-3-4-8-21(19)16-22/h2-11,16,20H,12-15,17H2,1H3,(H,27,31). The Morgan fingerprint density at radius 2 is 1.78 bits per heavy atom. The number of carbonyl (C=O) groups is 1. The Kier molecular flexibility index (Phi) is 5.69. The number of benzene rings is 3. The molecule has 1 aliphatic rings. The maximum Gasteiger partial charge on any atom is 0.241 e. The van der Waals surface area contributed by atoms with Crippen LogP contribution in [0.15, 0.2) is 71.3 Å². The highest BCUT2D eigenvalue weighted by molar-refractivity contribution is 5.95. The number of aryl methyl sites for hydroxylation is 1. The van der Waals surface area contributed by atoms with E-state index in [9.17, 15) is 4.79 Å². The second kappa shape index (κ2) is 8.93. The fourth-order valence-electron chi connectivity index (χ4n) is 4.31. The number of hydrogen-bond donors (Lipinski definition) is 1. The quantitative estimate of drug-likeness (QED) is 0.484. The van der Waals surface area contributed by atoms with Gasteiger partial charge in [0.05, 0.1) is 6.54 Å². The highest BCUT2D eigenvalue weighted by atomic mass is 16.5. The van der Waals surface area contributed by atoms with Gasteiger partial charge in [0.25, 0.3) is 0 Å². The molecule has 1 N–H and O–H groups in total. The van der Waals surface area contributed by atoms with Crippen LogP contribution in [0.1, 0.15) is 24.3 Å². The molecular weight excluding hydrogens is 400 g/mol. The van der Waals surface area contributed by atoms with Gasteiger partial charge in [-0.3, -0.25) is 9.69 Å². The highest BCUT2D eigenvalue weighted by Gasteiger charge is 2.26. The minimum atomic E-state index is 0.0166. The number of nitrogens with zero attached hydrogens (tertiary/aromatic N) is 3. The molecule has 1 fully saturated rings. The zero-order valence-corrected chi connectivity index (χ0v) is 18.1. The summed E-state index contributed by atoms with van der Waals surface area (Å²) < 4.78 is 5.48. The van der Waals surface area contributed by atoms with Crippen molar-refractivity contribution in [2.45, 2.75) is 26.3 Å². The molecular formula is C26H26N4O2. The average Bonchev–Trinajstić information content (AvgIpc) is 3.28. The molecule has 0 unspecified atom stereocenters. The van der Waals surface area contributed by atoms with Crippen LogP contribution in [0.2, 0.25) is 0 Å². The lowest BCUT2D eigenvalue weighted by atomic mass is 9.95. The predicted molar refractivity (Wildman–Crippen MR) is 125 cm³/mol. The number of anilines is 1. The van der Waals surface area contributed by atoms with E-state index in [1.807, 2.05) is 61.5 Å². The first-order valence-electron chi connectivity index (χ1n) is 11.1. The number of piperidine rings is 1. The molecule has 6 heteroatoms. The lowest BCUT2D eigenvalue weighted by molar-refractivity contribution is -0.121. The first-order chi connectivity index (χ1) is 15.7. The maximum absolute atomic E-state index is 12.8. The Labute approximate surface area is 187 Å². The summed E-state index contributed by atoms with van der Waals surface area (Å²) in [6, 6.07) is 22.2. The van der Waals surface area contributed by atoms with Crippen LogP contribution in [0, 0.1) is 12.8 Å². The lowest BCUT2D eigenvalue weighted by Crippen LogP contribution is -2.37. The third-order valence-electron chi connectivity index (χ3n) is 6.19. The Bertz CT molecular complexity index is 1240. The van der Waals surface area contributed by atoms with E-state index in [2.05, 4.69) is 32.5 Å². The van der Waals surface area contributed by atoms with Crippen LogP contribution in [0.5, 0.6) is 0 Å². The second-order valence-electron chi connectivity index (χ2n) is 8.43. The van der Waals surface area contributed by atoms with Gasteiger partial charge in [-0.1, -0.05) is 59.8 Å². The molecule has 0 aliphatic carbocycles. The molecule has 0 bridgehead atoms. The Morgan fingerprint density at radius 1 is 1.03 bits per heavy atom. The van der Waals surface area contributed by atoms with Crippen LogP contribution in [-0.2, 0) is 11.3 Å². The number of fused-ring (bicyclic) bond motifs is 1. The van der Waals surface area contributed by atoms with E-state index in [-0.39, 0.29) is 11.8 Å². The molecule has 0 radical (unpaired) electrons. The number of likely N-dealkylation sites (tertiary alicyclic amines) is 1. The van der Waals surface area contributed by atoms with Gasteiger partial charge >= 0.3 is 0 Å². The Hall–Kier alpha value is -3.51. The van der Waals surface area contributed by atoms with Crippen LogP contribution in [-0.4, -0.2) is 34.0 Å². The highest BCUT2D eigenvalue weighted by Crippen LogP contribution is 2.24. The van der Waals surface area contributed by atoms with Gasteiger partial charge in [0.1, 0.15) is 0 Å². The van der Waals surface area contributed by atoms with Gasteiger partial charge in [-0.05, 0) is 61.3 Å². The Morgan fingerprint density at radius 3 is 2.59 bits per heavy atom. The van der Waals surface area contributed by atoms with Crippen molar-refractivity contribution in [3.05, 3.63) is 78.2 Å². The zero-order chi connectivity index (χ0) is 21.9. The molecule has 5 rings (SSSR count). The largest absolute Gasteiger partial charge is 0.338 e. The molecule has 32 heavy (non-hydrogen) atoms. The average molecular weight is 427 g/mol. The molecule has 6 nitrogen and oxygen atoms in total. The molecule has 0 atom stereocenters. The van der Waals surface area contributed by atoms with Crippen LogP contribution < -0.4 is 5.32 Å². The van der Waals surface area contributed by atoms with Crippen molar-refractivity contribution in [2.75, 3.05) is 18.4 Å². The number of hydrogen-bond acceptors (Lipinski definition) is 5. The van der Waals surface area contributed by atoms with Crippen molar-refractivity contribution in [1.82, 2.24) is 15.0 Å². The fourth-order valence-corrected chi connectivity index (χ4v) is 4.31. The van der Waals surface area contributed by atoms with Crippen LogP contribution in [0.4, 0.5) is 5.69 Å². The van der Waals surface area contributed by atoms with Gasteiger partial charge in [0, 0.05) is 17.2 Å². The van der Waals surface area contributed by atoms with Crippen molar-refractivity contribution < 1.29 is 9.32 Å². The zero-order valence-electron chi connectivity index (χ0n) is 18.1. The molecule has 4 aromatic rings. The van der Waals surface area contributed by atoms with Gasteiger partial charge < -0.3 is 9.84 Å². The van der Waals surface area contributed by atoms with Crippen LogP contribution >= 0.6 is 0 Å². The molecule has 0 spiro atoms. The van der Waals surface area contributed by atoms with Gasteiger partial charge in [0.15, 0.2) is 0 Å². The van der Waals surface area contributed by atoms with Crippen LogP contribution in [0.3, 0.4) is 0 Å². The molecule has 0 saturated carbocycles. The fraction of sp³-hybridized carbons (Fsp3) is 0.269. The van der Waals surface area contributed by atoms with Gasteiger partial charge in [-0.25, -0.2) is 0 Å². The first kappa shape index (κ1) is 20.4. The van der Waals surface area contributed by atoms with E-state index in [0.717, 1.165) is 48.1 Å². The summed E-state index contributed by atoms with van der Waals surface area (Å²) in [5, 5.41) is 9.55. The van der Waals surface area contributed by atoms with Gasteiger partial charge in [0.2, 0.25) is 17.6 Å². The first-order valence-corrected chi connectivity index (χ1v) is 11.1. The van der Waals surface area contributed by atoms with Crippen molar-refractivity contribution in [3.8, 4) is 11.4 Å². The monoisotopic (exact) mass is 426 g/mol. The number of amides is 1. The molecule has 162 valence electrons. The maximum atomic E-state index is 12.8. The van der Waals surface area contributed by atoms with E-state index < -0.39 is 0 Å². The van der Waals surface area contributed by atoms with Gasteiger partial charge in [-0.15, -0.1) is 0 Å². The summed E-state index contributed by atoms with van der Waals surface area (Å²) in [6.45, 7) is 4.31. The summed E-state index contributed by atoms with van der Waals surface area (Å²) in [7, 11) is 0. The van der Waals surface area contributed by atoms with Crippen molar-refractivity contribution in [2.24, 2.45) is 5.92 Å². The summed E-state index contributed by atoms with van der Waals surface area (Å²) >= 11 is 0. The molecule has 1 saturated heterocycles. The summed E-state index contributed by atoms with van der Waals surface area (Å²) in [4.78, 5) is 19.6. The topological polar surface area (TPSA) is 71.3 Å². The van der Waals surface area contributed by atoms with E-state index in [1.54, 1.807) is 0 Å². The van der Waals surface area contributed by atoms with E-state index in [1.165, 1.54) is 5.39 Å². The van der Waals surface area contributed by atoms with Crippen LogP contribution in [0.25, 0.3) is 22.2 Å². The molecule has 1 aliphatic heterocycles. The molecule has 1 amide bonds. The lowest BCUT2D eigenvalue weighted by Gasteiger charge is -2.30. The summed E-state index contributed by atoms with van der Waals surface area (Å²) in [6.07, 6.45) is 1.64. The van der Waals surface area contributed by atoms with E-state index in [4.69, 9.17) is 4.52 Å². The minimum absolute atomic E-state index is 0.0166. The van der Waals surface area contributed by atoms with Crippen molar-refractivity contribution >= 4 is 22.4 Å². The number of carbonyl (C=O) groups excluding carboxylic acids is 1. The summed E-state index contributed by atoms with van der Waals surface area (Å²) in [5.41, 5.74) is 2.97. The van der Waals surface area contributed by atoms with E-state index in [0.29, 0.717) is 18.3 Å². The van der Waals surface area contributed by atoms with Gasteiger partial charge in [-0.2, -0.15) is 4.98 Å². The minimum Gasteiger partial charge on any atom is -0.338 e. The second-order valence-corrected chi connectivity index (χ2v) is 8.43. The molecule has 3 aromatic carbocycles. The predicted octanol–water partition coefficient (Wildman–Crippen LogP) is 5.05. The van der Waals surface area contributed by atoms with Crippen molar-refractivity contribution in [3.63, 3.8) is 0 Å².